The molecule has 0 aliphatic heterocycles. The number of sulfone groups is 1. The van der Waals surface area contributed by atoms with Crippen LogP contribution in [0.4, 0.5) is 4.39 Å². The summed E-state index contributed by atoms with van der Waals surface area (Å²) in [6.45, 7) is 2.57. The number of nitrogens with zero attached hydrogens (tertiary/aromatic N) is 1. The van der Waals surface area contributed by atoms with Crippen LogP contribution in [0, 0.1) is 11.7 Å². The number of rotatable bonds is 10. The van der Waals surface area contributed by atoms with E-state index in [1.54, 1.807) is 7.05 Å². The summed E-state index contributed by atoms with van der Waals surface area (Å²) in [5.74, 6) is 0.843. The zero-order valence-electron chi connectivity index (χ0n) is 15.4. The highest BCUT2D eigenvalue weighted by atomic mass is 32.2. The summed E-state index contributed by atoms with van der Waals surface area (Å²) in [7, 11) is -1.54. The fraction of sp³-hybridized carbons (Fsp3) is 0.611. The van der Waals surface area contributed by atoms with Gasteiger partial charge in [-0.05, 0) is 48.4 Å². The highest BCUT2D eigenvalue weighted by molar-refractivity contribution is 7.89. The van der Waals surface area contributed by atoms with E-state index >= 15 is 0 Å². The Labute approximate surface area is 155 Å². The van der Waals surface area contributed by atoms with Crippen LogP contribution in [0.5, 0.6) is 0 Å². The monoisotopic (exact) mass is 385 g/mol. The largest absolute Gasteiger partial charge is 0.381 e. The summed E-state index contributed by atoms with van der Waals surface area (Å²) in [4.78, 5) is 4.13. The van der Waals surface area contributed by atoms with Crippen molar-refractivity contribution in [3.8, 4) is 0 Å². The summed E-state index contributed by atoms with van der Waals surface area (Å²) in [6, 6.07) is 4.14. The molecular weight excluding hydrogens is 357 g/mol. The number of guanidine groups is 1. The zero-order valence-corrected chi connectivity index (χ0v) is 16.2. The van der Waals surface area contributed by atoms with Crippen molar-refractivity contribution < 1.29 is 17.5 Å². The maximum absolute atomic E-state index is 13.5. The molecule has 0 spiro atoms. The lowest BCUT2D eigenvalue weighted by Gasteiger charge is -2.14. The molecule has 0 heterocycles. The molecule has 6 nitrogen and oxygen atoms in total. The van der Waals surface area contributed by atoms with E-state index in [1.165, 1.54) is 37.3 Å². The SMILES string of the molecule is CN=C(NCCCOCC1CC1)NCc1cc(F)ccc1CS(C)(=O)=O. The van der Waals surface area contributed by atoms with Crippen molar-refractivity contribution >= 4 is 15.8 Å². The lowest BCUT2D eigenvalue weighted by atomic mass is 10.1. The van der Waals surface area contributed by atoms with Gasteiger partial charge in [-0.25, -0.2) is 12.8 Å². The molecule has 0 amide bonds. The van der Waals surface area contributed by atoms with Gasteiger partial charge in [-0.15, -0.1) is 0 Å². The van der Waals surface area contributed by atoms with Crippen LogP contribution in [0.15, 0.2) is 23.2 Å². The van der Waals surface area contributed by atoms with Gasteiger partial charge in [0.25, 0.3) is 0 Å². The fourth-order valence-corrected chi connectivity index (χ4v) is 3.34. The van der Waals surface area contributed by atoms with E-state index in [0.717, 1.165) is 18.9 Å². The van der Waals surface area contributed by atoms with Gasteiger partial charge in [0.05, 0.1) is 5.75 Å². The Morgan fingerprint density at radius 3 is 2.73 bits per heavy atom. The van der Waals surface area contributed by atoms with Crippen molar-refractivity contribution in [2.75, 3.05) is 33.1 Å². The van der Waals surface area contributed by atoms with Crippen LogP contribution >= 0.6 is 0 Å². The predicted molar refractivity (Wildman–Crippen MR) is 101 cm³/mol. The topological polar surface area (TPSA) is 79.8 Å². The highest BCUT2D eigenvalue weighted by Crippen LogP contribution is 2.28. The van der Waals surface area contributed by atoms with Crippen LogP contribution in [0.25, 0.3) is 0 Å². The number of halogens is 1. The van der Waals surface area contributed by atoms with Gasteiger partial charge in [-0.2, -0.15) is 0 Å². The van der Waals surface area contributed by atoms with Gasteiger partial charge in [-0.1, -0.05) is 6.07 Å². The number of nitrogens with one attached hydrogen (secondary N) is 2. The third-order valence-corrected chi connectivity index (χ3v) is 4.90. The number of ether oxygens (including phenoxy) is 1. The first-order valence-electron chi connectivity index (χ1n) is 8.84. The lowest BCUT2D eigenvalue weighted by molar-refractivity contribution is 0.123. The smallest absolute Gasteiger partial charge is 0.191 e. The molecule has 0 aromatic heterocycles. The Morgan fingerprint density at radius 2 is 2.08 bits per heavy atom. The Morgan fingerprint density at radius 1 is 1.31 bits per heavy atom. The normalized spacial score (nSPS) is 15.1. The minimum atomic E-state index is -3.19. The van der Waals surface area contributed by atoms with Crippen molar-refractivity contribution in [2.45, 2.75) is 31.6 Å². The van der Waals surface area contributed by atoms with Crippen molar-refractivity contribution in [3.63, 3.8) is 0 Å². The summed E-state index contributed by atoms with van der Waals surface area (Å²) in [5, 5.41) is 6.27. The van der Waals surface area contributed by atoms with E-state index in [4.69, 9.17) is 4.74 Å². The molecular formula is C18H28FN3O3S. The average Bonchev–Trinajstić information content (AvgIpc) is 3.39. The first kappa shape index (κ1) is 20.6. The fourth-order valence-electron chi connectivity index (χ4n) is 2.50. The van der Waals surface area contributed by atoms with Crippen molar-refractivity contribution in [2.24, 2.45) is 10.9 Å². The molecule has 1 saturated carbocycles. The minimum Gasteiger partial charge on any atom is -0.381 e. The van der Waals surface area contributed by atoms with Gasteiger partial charge in [0.1, 0.15) is 5.82 Å². The van der Waals surface area contributed by atoms with Gasteiger partial charge in [0.15, 0.2) is 15.8 Å². The number of benzene rings is 1. The van der Waals surface area contributed by atoms with Crippen molar-refractivity contribution in [1.29, 1.82) is 0 Å². The molecule has 1 fully saturated rings. The number of hydrogen-bond donors (Lipinski definition) is 2. The van der Waals surface area contributed by atoms with Gasteiger partial charge in [0.2, 0.25) is 0 Å². The van der Waals surface area contributed by atoms with Crippen LogP contribution in [0.2, 0.25) is 0 Å². The molecule has 2 N–H and O–H groups in total. The Hall–Kier alpha value is -1.67. The van der Waals surface area contributed by atoms with Gasteiger partial charge < -0.3 is 15.4 Å². The van der Waals surface area contributed by atoms with Gasteiger partial charge in [0, 0.05) is 39.6 Å². The highest BCUT2D eigenvalue weighted by Gasteiger charge is 2.20. The van der Waals surface area contributed by atoms with Crippen LogP contribution in [-0.4, -0.2) is 47.4 Å². The molecule has 1 aromatic carbocycles. The first-order chi connectivity index (χ1) is 12.4. The molecule has 0 atom stereocenters. The van der Waals surface area contributed by atoms with Crippen molar-refractivity contribution in [1.82, 2.24) is 10.6 Å². The van der Waals surface area contributed by atoms with Gasteiger partial charge in [-0.3, -0.25) is 4.99 Å². The molecule has 1 aliphatic rings. The van der Waals surface area contributed by atoms with Crippen molar-refractivity contribution in [3.05, 3.63) is 35.1 Å². The van der Waals surface area contributed by atoms with Crippen LogP contribution in [-0.2, 0) is 26.9 Å². The third kappa shape index (κ3) is 8.14. The molecule has 26 heavy (non-hydrogen) atoms. The number of aliphatic imine (C=N–C) groups is 1. The van der Waals surface area contributed by atoms with E-state index in [2.05, 4.69) is 15.6 Å². The summed E-state index contributed by atoms with van der Waals surface area (Å²) in [6.07, 6.45) is 4.61. The summed E-state index contributed by atoms with van der Waals surface area (Å²) < 4.78 is 42.2. The first-order valence-corrected chi connectivity index (χ1v) is 10.9. The molecule has 1 aromatic rings. The third-order valence-electron chi connectivity index (χ3n) is 4.06. The van der Waals surface area contributed by atoms with Crippen LogP contribution in [0.3, 0.4) is 0 Å². The standard InChI is InChI=1S/C18H28FN3O3S/c1-20-18(21-8-3-9-25-12-14-4-5-14)22-11-16-10-17(19)7-6-15(16)13-26(2,23)24/h6-7,10,14H,3-5,8-9,11-13H2,1-2H3,(H2,20,21,22). The second-order valence-corrected chi connectivity index (χ2v) is 8.85. The van der Waals surface area contributed by atoms with Crippen LogP contribution in [0.1, 0.15) is 30.4 Å². The molecule has 8 heteroatoms. The average molecular weight is 386 g/mol. The second-order valence-electron chi connectivity index (χ2n) is 6.71. The Kier molecular flexibility index (Phi) is 7.84. The number of hydrogen-bond acceptors (Lipinski definition) is 4. The quantitative estimate of drug-likeness (QED) is 0.365. The Bertz CT molecular complexity index is 718. The molecule has 1 aliphatic carbocycles. The van der Waals surface area contributed by atoms with E-state index in [0.29, 0.717) is 36.8 Å². The molecule has 0 saturated heterocycles. The molecule has 0 unspecified atom stereocenters. The van der Waals surface area contributed by atoms with Gasteiger partial charge >= 0.3 is 0 Å². The molecule has 0 bridgehead atoms. The Balaban J connectivity index is 1.78. The maximum Gasteiger partial charge on any atom is 0.191 e. The molecule has 146 valence electrons. The second kappa shape index (κ2) is 9.87. The van der Waals surface area contributed by atoms with Crippen LogP contribution < -0.4 is 10.6 Å². The molecule has 0 radical (unpaired) electrons. The van der Waals surface area contributed by atoms with E-state index in [1.807, 2.05) is 0 Å². The van der Waals surface area contributed by atoms with E-state index in [9.17, 15) is 12.8 Å². The summed E-state index contributed by atoms with van der Waals surface area (Å²) in [5.41, 5.74) is 1.19. The molecule has 2 rings (SSSR count). The lowest BCUT2D eigenvalue weighted by Crippen LogP contribution is -2.37. The zero-order chi connectivity index (χ0) is 19.0. The van der Waals surface area contributed by atoms with E-state index in [-0.39, 0.29) is 5.75 Å². The summed E-state index contributed by atoms with van der Waals surface area (Å²) >= 11 is 0. The minimum absolute atomic E-state index is 0.116. The predicted octanol–water partition coefficient (Wildman–Crippen LogP) is 1.85. The van der Waals surface area contributed by atoms with E-state index < -0.39 is 15.7 Å². The maximum atomic E-state index is 13.5.